The summed E-state index contributed by atoms with van der Waals surface area (Å²) < 4.78 is 4.67. The van der Waals surface area contributed by atoms with Gasteiger partial charge in [0.25, 0.3) is 5.91 Å². The van der Waals surface area contributed by atoms with Gasteiger partial charge in [0.1, 0.15) is 0 Å². The third-order valence-electron chi connectivity index (χ3n) is 4.98. The molecule has 2 rings (SSSR count). The Morgan fingerprint density at radius 3 is 1.83 bits per heavy atom. The van der Waals surface area contributed by atoms with Gasteiger partial charge in [-0.25, -0.2) is 0 Å². The minimum absolute atomic E-state index is 0.0769. The molecule has 1 amide bonds. The molecule has 0 aliphatic carbocycles. The van der Waals surface area contributed by atoms with Crippen LogP contribution < -0.4 is 15.7 Å². The number of esters is 1. The molecule has 29 heavy (non-hydrogen) atoms. The van der Waals surface area contributed by atoms with Gasteiger partial charge in [-0.2, -0.15) is 0 Å². The van der Waals surface area contributed by atoms with Crippen molar-refractivity contribution in [2.75, 3.05) is 12.4 Å². The van der Waals surface area contributed by atoms with Gasteiger partial charge in [-0.15, -0.1) is 0 Å². The molecular formula is C23H33NO3Si2. The van der Waals surface area contributed by atoms with Crippen LogP contribution in [0.4, 0.5) is 5.69 Å². The van der Waals surface area contributed by atoms with E-state index in [1.54, 1.807) is 0 Å². The van der Waals surface area contributed by atoms with E-state index in [0.29, 0.717) is 12.8 Å². The number of hydrogen-bond acceptors (Lipinski definition) is 3. The highest BCUT2D eigenvalue weighted by atomic mass is 28.3. The highest BCUT2D eigenvalue weighted by molar-refractivity contribution is 6.91. The minimum atomic E-state index is -1.54. The van der Waals surface area contributed by atoms with E-state index in [1.807, 2.05) is 24.3 Å². The number of benzene rings is 2. The Morgan fingerprint density at radius 1 is 0.862 bits per heavy atom. The predicted molar refractivity (Wildman–Crippen MR) is 127 cm³/mol. The topological polar surface area (TPSA) is 55.4 Å². The van der Waals surface area contributed by atoms with Gasteiger partial charge in [0.05, 0.1) is 23.3 Å². The molecule has 0 aliphatic rings. The molecule has 1 N–H and O–H groups in total. The van der Waals surface area contributed by atoms with E-state index in [2.05, 4.69) is 67.5 Å². The van der Waals surface area contributed by atoms with Crippen LogP contribution in [0.3, 0.4) is 0 Å². The summed E-state index contributed by atoms with van der Waals surface area (Å²) >= 11 is 0. The number of nitrogens with one attached hydrogen (secondary N) is 1. The van der Waals surface area contributed by atoms with E-state index < -0.39 is 16.1 Å². The van der Waals surface area contributed by atoms with Crippen LogP contribution in [0, 0.1) is 0 Å². The van der Waals surface area contributed by atoms with Crippen molar-refractivity contribution < 1.29 is 14.3 Å². The van der Waals surface area contributed by atoms with Gasteiger partial charge in [0.2, 0.25) is 0 Å². The second-order valence-electron chi connectivity index (χ2n) is 9.53. The fourth-order valence-electron chi connectivity index (χ4n) is 2.93. The third-order valence-corrected chi connectivity index (χ3v) is 9.03. The molecule has 156 valence electrons. The molecule has 2 aromatic rings. The highest BCUT2D eigenvalue weighted by Gasteiger charge is 2.24. The average molecular weight is 428 g/mol. The van der Waals surface area contributed by atoms with Crippen molar-refractivity contribution in [3.05, 3.63) is 53.6 Å². The van der Waals surface area contributed by atoms with E-state index in [1.165, 1.54) is 17.5 Å². The Kier molecular flexibility index (Phi) is 7.24. The molecule has 0 heterocycles. The molecule has 6 heteroatoms. The molecule has 0 fully saturated rings. The van der Waals surface area contributed by atoms with Crippen LogP contribution in [0.25, 0.3) is 0 Å². The maximum Gasteiger partial charge on any atom is 0.305 e. The summed E-state index contributed by atoms with van der Waals surface area (Å²) in [5, 5.41) is 5.66. The lowest BCUT2D eigenvalue weighted by Gasteiger charge is -2.24. The number of rotatable bonds is 7. The van der Waals surface area contributed by atoms with Crippen LogP contribution in [-0.4, -0.2) is 35.1 Å². The standard InChI is InChI=1S/C23H33NO3Si2/c1-27-22(25)13-10-17-8-11-19(12-9-17)24-23(26)18-14-20(28(2,3)4)16-21(15-18)29(5,6)7/h8-9,11-12,14-16H,10,13H2,1-7H3,(H,24,26). The molecule has 0 unspecified atom stereocenters. The molecule has 0 radical (unpaired) electrons. The monoisotopic (exact) mass is 427 g/mol. The Balaban J connectivity index is 2.21. The summed E-state index contributed by atoms with van der Waals surface area (Å²) in [6, 6.07) is 14.1. The lowest BCUT2D eigenvalue weighted by Crippen LogP contribution is -2.46. The summed E-state index contributed by atoms with van der Waals surface area (Å²) in [4.78, 5) is 24.2. The first kappa shape index (κ1) is 23.1. The van der Waals surface area contributed by atoms with Gasteiger partial charge < -0.3 is 10.1 Å². The zero-order chi connectivity index (χ0) is 21.8. The van der Waals surface area contributed by atoms with Crippen LogP contribution >= 0.6 is 0 Å². The molecule has 0 aliphatic heterocycles. The predicted octanol–water partition coefficient (Wildman–Crippen LogP) is 4.13. The largest absolute Gasteiger partial charge is 0.469 e. The number of hydrogen-bond donors (Lipinski definition) is 1. The number of ether oxygens (including phenoxy) is 1. The van der Waals surface area contributed by atoms with Crippen LogP contribution in [-0.2, 0) is 16.0 Å². The number of carbonyl (C=O) groups excluding carboxylic acids is 2. The van der Waals surface area contributed by atoms with Crippen molar-refractivity contribution in [1.82, 2.24) is 0 Å². The minimum Gasteiger partial charge on any atom is -0.469 e. The van der Waals surface area contributed by atoms with Crippen molar-refractivity contribution in [3.8, 4) is 0 Å². The first-order valence-corrected chi connectivity index (χ1v) is 17.0. The summed E-state index contributed by atoms with van der Waals surface area (Å²) in [5.41, 5.74) is 2.53. The van der Waals surface area contributed by atoms with Crippen LogP contribution in [0.5, 0.6) is 0 Å². The molecule has 0 bridgehead atoms. The van der Waals surface area contributed by atoms with Gasteiger partial charge in [-0.3, -0.25) is 9.59 Å². The van der Waals surface area contributed by atoms with Crippen LogP contribution in [0.15, 0.2) is 42.5 Å². The summed E-state index contributed by atoms with van der Waals surface area (Å²) in [6.07, 6.45) is 0.976. The number of methoxy groups -OCH3 is 1. The molecule has 0 atom stereocenters. The average Bonchev–Trinajstić information content (AvgIpc) is 2.65. The maximum atomic E-state index is 13.0. The van der Waals surface area contributed by atoms with Crippen molar-refractivity contribution in [3.63, 3.8) is 0 Å². The number of amides is 1. The SMILES string of the molecule is COC(=O)CCc1ccc(NC(=O)c2cc([Si](C)(C)C)cc([Si](C)(C)C)c2)cc1. The molecular weight excluding hydrogens is 394 g/mol. The van der Waals surface area contributed by atoms with Crippen molar-refractivity contribution in [2.45, 2.75) is 52.1 Å². The lowest BCUT2D eigenvalue weighted by atomic mass is 10.1. The molecule has 0 saturated heterocycles. The van der Waals surface area contributed by atoms with E-state index in [0.717, 1.165) is 16.8 Å². The first-order valence-electron chi connectivity index (χ1n) is 10.0. The Morgan fingerprint density at radius 2 is 1.38 bits per heavy atom. The zero-order valence-corrected chi connectivity index (χ0v) is 20.7. The Labute approximate surface area is 176 Å². The summed E-state index contributed by atoms with van der Waals surface area (Å²) in [6.45, 7) is 13.9. The van der Waals surface area contributed by atoms with Crippen LogP contribution in [0.1, 0.15) is 22.3 Å². The van der Waals surface area contributed by atoms with Crippen molar-refractivity contribution >= 4 is 44.1 Å². The summed E-state index contributed by atoms with van der Waals surface area (Å²) in [5.74, 6) is -0.297. The number of aryl methyl sites for hydroxylation is 1. The molecule has 2 aromatic carbocycles. The third kappa shape index (κ3) is 6.68. The number of carbonyl (C=O) groups is 2. The smallest absolute Gasteiger partial charge is 0.305 e. The normalized spacial score (nSPS) is 11.8. The van der Waals surface area contributed by atoms with E-state index in [9.17, 15) is 9.59 Å². The molecule has 4 nitrogen and oxygen atoms in total. The molecule has 0 saturated carbocycles. The summed E-state index contributed by atoms with van der Waals surface area (Å²) in [7, 11) is -1.68. The second kappa shape index (κ2) is 9.09. The van der Waals surface area contributed by atoms with Gasteiger partial charge in [0, 0.05) is 17.7 Å². The van der Waals surface area contributed by atoms with Gasteiger partial charge in [-0.05, 0) is 24.1 Å². The highest BCUT2D eigenvalue weighted by Crippen LogP contribution is 2.14. The van der Waals surface area contributed by atoms with Gasteiger partial charge >= 0.3 is 5.97 Å². The van der Waals surface area contributed by atoms with E-state index >= 15 is 0 Å². The van der Waals surface area contributed by atoms with Gasteiger partial charge in [0.15, 0.2) is 0 Å². The quantitative estimate of drug-likeness (QED) is 0.534. The van der Waals surface area contributed by atoms with Crippen molar-refractivity contribution in [2.24, 2.45) is 0 Å². The fraction of sp³-hybridized carbons (Fsp3) is 0.391. The fourth-order valence-corrected chi connectivity index (χ4v) is 5.43. The van der Waals surface area contributed by atoms with E-state index in [-0.39, 0.29) is 11.9 Å². The van der Waals surface area contributed by atoms with Gasteiger partial charge in [-0.1, -0.05) is 80.0 Å². The Bertz CT molecular complexity index is 846. The van der Waals surface area contributed by atoms with Crippen molar-refractivity contribution in [1.29, 1.82) is 0 Å². The van der Waals surface area contributed by atoms with Crippen LogP contribution in [0.2, 0.25) is 39.3 Å². The Hall–Kier alpha value is -2.19. The zero-order valence-electron chi connectivity index (χ0n) is 18.7. The maximum absolute atomic E-state index is 13.0. The second-order valence-corrected chi connectivity index (χ2v) is 19.7. The van der Waals surface area contributed by atoms with E-state index in [4.69, 9.17) is 0 Å². The molecule has 0 spiro atoms. The first-order chi connectivity index (χ1) is 13.4. The molecule has 0 aromatic heterocycles. The number of anilines is 1. The lowest BCUT2D eigenvalue weighted by molar-refractivity contribution is -0.140.